The van der Waals surface area contributed by atoms with Crippen molar-refractivity contribution in [1.29, 1.82) is 0 Å². The van der Waals surface area contributed by atoms with E-state index in [1.807, 2.05) is 0 Å². The van der Waals surface area contributed by atoms with E-state index in [0.717, 1.165) is 11.3 Å². The lowest BCUT2D eigenvalue weighted by Gasteiger charge is -2.03. The maximum Gasteiger partial charge on any atom is 0.128 e. The lowest BCUT2D eigenvalue weighted by atomic mass is 10.1. The van der Waals surface area contributed by atoms with Gasteiger partial charge in [-0.15, -0.1) is 0 Å². The quantitative estimate of drug-likeness (QED) is 0.627. The van der Waals surface area contributed by atoms with Crippen LogP contribution in [-0.4, -0.2) is 17.5 Å². The lowest BCUT2D eigenvalue weighted by Crippen LogP contribution is -1.90. The molecule has 18 heavy (non-hydrogen) atoms. The summed E-state index contributed by atoms with van der Waals surface area (Å²) in [5.41, 5.74) is 1.34. The summed E-state index contributed by atoms with van der Waals surface area (Å²) in [5.74, 6) is 6.80. The highest BCUT2D eigenvalue weighted by Gasteiger charge is 2.02. The van der Waals surface area contributed by atoms with Gasteiger partial charge in [-0.05, 0) is 29.9 Å². The lowest BCUT2D eigenvalue weighted by molar-refractivity contribution is 0.350. The van der Waals surface area contributed by atoms with E-state index in [2.05, 4.69) is 18.8 Å². The molecule has 98 valence electrons. The van der Waals surface area contributed by atoms with Gasteiger partial charge in [-0.1, -0.05) is 37.7 Å². The van der Waals surface area contributed by atoms with E-state index in [1.165, 1.54) is 25.3 Å². The van der Waals surface area contributed by atoms with E-state index in [0.29, 0.717) is 11.3 Å². The molecule has 1 aromatic rings. The predicted octanol–water partition coefficient (Wildman–Crippen LogP) is 3.59. The van der Waals surface area contributed by atoms with Crippen LogP contribution in [0.5, 0.6) is 0 Å². The smallest absolute Gasteiger partial charge is 0.128 e. The van der Waals surface area contributed by atoms with Gasteiger partial charge in [0.1, 0.15) is 12.4 Å². The highest BCUT2D eigenvalue weighted by Crippen LogP contribution is 2.18. The Labute approximate surface area is 113 Å². The van der Waals surface area contributed by atoms with E-state index in [4.69, 9.17) is 5.11 Å². The average molecular weight is 266 g/mol. The number of aliphatic hydroxyl groups excluding tert-OH is 1. The summed E-state index contributed by atoms with van der Waals surface area (Å²) in [5, 5.41) is 8.57. The predicted molar refractivity (Wildman–Crippen MR) is 76.1 cm³/mol. The van der Waals surface area contributed by atoms with Crippen LogP contribution in [0, 0.1) is 17.7 Å². The van der Waals surface area contributed by atoms with Crippen molar-refractivity contribution in [2.75, 3.05) is 12.4 Å². The summed E-state index contributed by atoms with van der Waals surface area (Å²) in [4.78, 5) is 0. The SMILES string of the molecule is CCCCCSCc1ccc(C#CCO)cc1F. The topological polar surface area (TPSA) is 20.2 Å². The minimum Gasteiger partial charge on any atom is -0.384 e. The summed E-state index contributed by atoms with van der Waals surface area (Å²) >= 11 is 1.77. The summed E-state index contributed by atoms with van der Waals surface area (Å²) in [6.45, 7) is 1.98. The van der Waals surface area contributed by atoms with E-state index in [-0.39, 0.29) is 12.4 Å². The van der Waals surface area contributed by atoms with Crippen LogP contribution in [0.4, 0.5) is 4.39 Å². The Morgan fingerprint density at radius 3 is 2.83 bits per heavy atom. The second-order valence-electron chi connectivity index (χ2n) is 4.03. The van der Waals surface area contributed by atoms with Crippen molar-refractivity contribution in [3.8, 4) is 11.8 Å². The van der Waals surface area contributed by atoms with Gasteiger partial charge in [-0.3, -0.25) is 0 Å². The Bertz CT molecular complexity index is 420. The van der Waals surface area contributed by atoms with Crippen molar-refractivity contribution in [2.45, 2.75) is 31.9 Å². The standard InChI is InChI=1S/C15H19FOS/c1-2-3-4-10-18-12-14-8-7-13(6-5-9-17)11-15(14)16/h7-8,11,17H,2-4,9-10,12H2,1H3. The van der Waals surface area contributed by atoms with Crippen molar-refractivity contribution in [3.63, 3.8) is 0 Å². The molecule has 0 aliphatic carbocycles. The van der Waals surface area contributed by atoms with E-state index >= 15 is 0 Å². The van der Waals surface area contributed by atoms with Gasteiger partial charge >= 0.3 is 0 Å². The van der Waals surface area contributed by atoms with Gasteiger partial charge in [0.25, 0.3) is 0 Å². The molecule has 0 heterocycles. The molecule has 0 unspecified atom stereocenters. The third kappa shape index (κ3) is 5.57. The zero-order chi connectivity index (χ0) is 13.2. The Balaban J connectivity index is 2.47. The van der Waals surface area contributed by atoms with Crippen molar-refractivity contribution in [3.05, 3.63) is 35.1 Å². The molecule has 0 aliphatic heterocycles. The first-order valence-electron chi connectivity index (χ1n) is 6.23. The van der Waals surface area contributed by atoms with Crippen LogP contribution in [0.1, 0.15) is 37.3 Å². The summed E-state index contributed by atoms with van der Waals surface area (Å²) in [7, 11) is 0. The summed E-state index contributed by atoms with van der Waals surface area (Å²) in [6, 6.07) is 5.02. The van der Waals surface area contributed by atoms with E-state index < -0.39 is 0 Å². The molecular formula is C15H19FOS. The van der Waals surface area contributed by atoms with Crippen molar-refractivity contribution < 1.29 is 9.50 Å². The minimum absolute atomic E-state index is 0.198. The first-order chi connectivity index (χ1) is 8.77. The molecular weight excluding hydrogens is 247 g/mol. The molecule has 3 heteroatoms. The first kappa shape index (κ1) is 15.1. The van der Waals surface area contributed by atoms with Crippen LogP contribution in [0.25, 0.3) is 0 Å². The fourth-order valence-corrected chi connectivity index (χ4v) is 2.53. The number of hydrogen-bond donors (Lipinski definition) is 1. The number of halogens is 1. The van der Waals surface area contributed by atoms with Crippen LogP contribution < -0.4 is 0 Å². The highest BCUT2D eigenvalue weighted by molar-refractivity contribution is 7.98. The summed E-state index contributed by atoms with van der Waals surface area (Å²) < 4.78 is 13.7. The highest BCUT2D eigenvalue weighted by atomic mass is 32.2. The number of benzene rings is 1. The van der Waals surface area contributed by atoms with Crippen LogP contribution in [0.15, 0.2) is 18.2 Å². The number of aliphatic hydroxyl groups is 1. The molecule has 0 saturated heterocycles. The monoisotopic (exact) mass is 266 g/mol. The Morgan fingerprint density at radius 2 is 2.17 bits per heavy atom. The van der Waals surface area contributed by atoms with Crippen LogP contribution >= 0.6 is 11.8 Å². The van der Waals surface area contributed by atoms with Crippen molar-refractivity contribution >= 4 is 11.8 Å². The molecule has 1 aromatic carbocycles. The van der Waals surface area contributed by atoms with Crippen LogP contribution in [0.2, 0.25) is 0 Å². The van der Waals surface area contributed by atoms with E-state index in [1.54, 1.807) is 23.9 Å². The van der Waals surface area contributed by atoms with Gasteiger partial charge in [-0.25, -0.2) is 4.39 Å². The number of rotatable bonds is 6. The molecule has 0 fully saturated rings. The fourth-order valence-electron chi connectivity index (χ4n) is 1.52. The average Bonchev–Trinajstić information content (AvgIpc) is 2.38. The Hall–Kier alpha value is -0.980. The third-order valence-corrected chi connectivity index (χ3v) is 3.61. The second-order valence-corrected chi connectivity index (χ2v) is 5.13. The fraction of sp³-hybridized carbons (Fsp3) is 0.467. The zero-order valence-electron chi connectivity index (χ0n) is 10.7. The van der Waals surface area contributed by atoms with Gasteiger partial charge in [0, 0.05) is 11.3 Å². The molecule has 0 radical (unpaired) electrons. The maximum absolute atomic E-state index is 13.7. The van der Waals surface area contributed by atoms with Crippen LogP contribution in [0.3, 0.4) is 0 Å². The molecule has 1 nitrogen and oxygen atoms in total. The molecule has 0 aliphatic rings. The number of unbranched alkanes of at least 4 members (excludes halogenated alkanes) is 2. The first-order valence-corrected chi connectivity index (χ1v) is 7.39. The van der Waals surface area contributed by atoms with Gasteiger partial charge in [0.2, 0.25) is 0 Å². The van der Waals surface area contributed by atoms with Gasteiger partial charge in [0.05, 0.1) is 0 Å². The molecule has 0 aromatic heterocycles. The number of thioether (sulfide) groups is 1. The molecule has 0 spiro atoms. The Kier molecular flexibility index (Phi) is 7.55. The van der Waals surface area contributed by atoms with Gasteiger partial charge in [0.15, 0.2) is 0 Å². The van der Waals surface area contributed by atoms with Crippen LogP contribution in [-0.2, 0) is 5.75 Å². The molecule has 0 atom stereocenters. The van der Waals surface area contributed by atoms with Gasteiger partial charge < -0.3 is 5.11 Å². The van der Waals surface area contributed by atoms with Crippen molar-refractivity contribution in [1.82, 2.24) is 0 Å². The third-order valence-electron chi connectivity index (χ3n) is 2.51. The van der Waals surface area contributed by atoms with Gasteiger partial charge in [-0.2, -0.15) is 11.8 Å². The largest absolute Gasteiger partial charge is 0.384 e. The normalized spacial score (nSPS) is 9.94. The molecule has 1 rings (SSSR count). The molecule has 0 amide bonds. The molecule has 0 saturated carbocycles. The second kappa shape index (κ2) is 9.02. The minimum atomic E-state index is -0.206. The molecule has 1 N–H and O–H groups in total. The molecule has 0 bridgehead atoms. The van der Waals surface area contributed by atoms with Crippen molar-refractivity contribution in [2.24, 2.45) is 0 Å². The zero-order valence-corrected chi connectivity index (χ0v) is 11.5. The maximum atomic E-state index is 13.7. The number of hydrogen-bond acceptors (Lipinski definition) is 2. The summed E-state index contributed by atoms with van der Waals surface area (Å²) in [6.07, 6.45) is 3.65. The Morgan fingerprint density at radius 1 is 1.33 bits per heavy atom. The van der Waals surface area contributed by atoms with E-state index in [9.17, 15) is 4.39 Å².